The van der Waals surface area contributed by atoms with Gasteiger partial charge in [0.15, 0.2) is 22.9 Å². The lowest BCUT2D eigenvalue weighted by atomic mass is 10.3. The van der Waals surface area contributed by atoms with Crippen LogP contribution in [0.1, 0.15) is 17.5 Å². The van der Waals surface area contributed by atoms with Gasteiger partial charge in [0.1, 0.15) is 8.07 Å². The molecular weight excluding hydrogens is 554 g/mol. The maximum Gasteiger partial charge on any atom is 0.291 e. The third kappa shape index (κ3) is 7.01. The third-order valence-electron chi connectivity index (χ3n) is 6.70. The van der Waals surface area contributed by atoms with Gasteiger partial charge in [-0.1, -0.05) is 66.8 Å². The first-order valence-corrected chi connectivity index (χ1v) is 16.6. The molecule has 12 heteroatoms. The topological polar surface area (TPSA) is 129 Å². The second kappa shape index (κ2) is 13.9. The molecule has 2 aromatic heterocycles. The van der Waals surface area contributed by atoms with Crippen LogP contribution in [0.2, 0.25) is 13.1 Å². The zero-order valence-corrected chi connectivity index (χ0v) is 25.7. The molecule has 0 aliphatic carbocycles. The minimum Gasteiger partial charge on any atom is -0.493 e. The Morgan fingerprint density at radius 2 is 1.57 bits per heavy atom. The van der Waals surface area contributed by atoms with Crippen LogP contribution in [0.4, 0.5) is 11.6 Å². The van der Waals surface area contributed by atoms with Crippen LogP contribution in [0, 0.1) is 0 Å². The van der Waals surface area contributed by atoms with Crippen molar-refractivity contribution in [1.29, 1.82) is 0 Å². The number of aromatic nitrogens is 2. The van der Waals surface area contributed by atoms with Crippen LogP contribution >= 0.6 is 0 Å². The zero-order chi connectivity index (χ0) is 30.1. The summed E-state index contributed by atoms with van der Waals surface area (Å²) in [5.41, 5.74) is 0.170. The second-order valence-corrected chi connectivity index (χ2v) is 14.2. The van der Waals surface area contributed by atoms with Crippen LogP contribution < -0.4 is 45.3 Å². The number of methoxy groups -OCH3 is 3. The Balaban J connectivity index is 1.49. The van der Waals surface area contributed by atoms with Gasteiger partial charge in [0.25, 0.3) is 11.9 Å². The van der Waals surface area contributed by atoms with Gasteiger partial charge in [0.05, 0.1) is 21.3 Å². The van der Waals surface area contributed by atoms with Crippen molar-refractivity contribution in [2.75, 3.05) is 51.6 Å². The predicted molar refractivity (Wildman–Crippen MR) is 165 cm³/mol. The third-order valence-corrected chi connectivity index (χ3v) is 10.2. The maximum absolute atomic E-state index is 13.1. The molecule has 11 nitrogen and oxygen atoms in total. The summed E-state index contributed by atoms with van der Waals surface area (Å²) in [7, 11) is 2.54. The van der Waals surface area contributed by atoms with Crippen molar-refractivity contribution in [1.82, 2.24) is 15.3 Å². The van der Waals surface area contributed by atoms with Crippen molar-refractivity contribution in [3.63, 3.8) is 0 Å². The summed E-state index contributed by atoms with van der Waals surface area (Å²) in [6, 6.07) is 19.4. The molecule has 42 heavy (non-hydrogen) atoms. The largest absolute Gasteiger partial charge is 0.493 e. The summed E-state index contributed by atoms with van der Waals surface area (Å²) in [5.74, 6) is 1.19. The fourth-order valence-electron chi connectivity index (χ4n) is 4.28. The van der Waals surface area contributed by atoms with Crippen molar-refractivity contribution in [3.05, 3.63) is 66.4 Å². The molecule has 222 valence electrons. The summed E-state index contributed by atoms with van der Waals surface area (Å²) in [4.78, 5) is 21.8. The highest BCUT2D eigenvalue weighted by atomic mass is 28.3. The highest BCUT2D eigenvalue weighted by Crippen LogP contribution is 2.35. The van der Waals surface area contributed by atoms with Crippen LogP contribution in [0.5, 0.6) is 29.2 Å². The van der Waals surface area contributed by atoms with E-state index in [1.807, 2.05) is 31.2 Å². The van der Waals surface area contributed by atoms with E-state index < -0.39 is 14.0 Å². The van der Waals surface area contributed by atoms with E-state index in [4.69, 9.17) is 23.4 Å². The Morgan fingerprint density at radius 1 is 0.857 bits per heavy atom. The zero-order valence-electron chi connectivity index (χ0n) is 24.7. The van der Waals surface area contributed by atoms with Crippen molar-refractivity contribution in [3.8, 4) is 29.2 Å². The average Bonchev–Trinajstić information content (AvgIpc) is 3.49. The van der Waals surface area contributed by atoms with Crippen molar-refractivity contribution in [2.24, 2.45) is 0 Å². The van der Waals surface area contributed by atoms with Crippen molar-refractivity contribution < 1.29 is 28.2 Å². The second-order valence-electron chi connectivity index (χ2n) is 9.75. The normalized spacial score (nSPS) is 11.1. The number of carbonyl (C=O) groups is 1. The van der Waals surface area contributed by atoms with E-state index in [9.17, 15) is 4.79 Å². The molecule has 4 rings (SSSR count). The molecule has 0 bridgehead atoms. The minimum absolute atomic E-state index is 0.00940. The summed E-state index contributed by atoms with van der Waals surface area (Å²) in [5, 5.41) is 11.5. The lowest BCUT2D eigenvalue weighted by Crippen LogP contribution is -2.52. The van der Waals surface area contributed by atoms with Gasteiger partial charge in [-0.2, -0.15) is 9.97 Å². The number of anilines is 2. The number of carbonyl (C=O) groups excluding carboxylic acids is 1. The number of ether oxygens (including phenoxy) is 4. The molecule has 2 heterocycles. The van der Waals surface area contributed by atoms with Gasteiger partial charge in [-0.25, -0.2) is 0 Å². The lowest BCUT2D eigenvalue weighted by molar-refractivity contribution is 0.0990. The quantitative estimate of drug-likeness (QED) is 0.146. The minimum atomic E-state index is -1.95. The molecular formula is C30H37N5O6Si. The summed E-state index contributed by atoms with van der Waals surface area (Å²) in [6.45, 7) is 8.79. The SMILES string of the molecule is CCNCCNc1nc(OC)c(NC(=O)c2ccc(Oc3ccc([Si](C)(C)c4ccccc4)cc3OC)o2)c(OC)n1. The number of hydrogen-bond donors (Lipinski definition) is 3. The number of amides is 1. The van der Waals surface area contributed by atoms with Crippen LogP contribution in [-0.2, 0) is 0 Å². The monoisotopic (exact) mass is 591 g/mol. The first-order valence-electron chi connectivity index (χ1n) is 13.6. The van der Waals surface area contributed by atoms with E-state index >= 15 is 0 Å². The Hall–Kier alpha value is -4.55. The first kappa shape index (κ1) is 30.4. The van der Waals surface area contributed by atoms with Gasteiger partial charge in [-0.15, -0.1) is 0 Å². The van der Waals surface area contributed by atoms with E-state index in [2.05, 4.69) is 63.3 Å². The standard InChI is InChI=1S/C30H37N5O6Si/c1-7-31-17-18-32-30-34-28(38-3)26(29(35-30)39-4)33-27(36)23-15-16-25(41-23)40-22-14-13-21(19-24(22)37-2)42(5,6)20-11-9-8-10-12-20/h8-16,19,31H,7,17-18H2,1-6H3,(H,33,36)(H,32,34,35). The molecule has 0 aliphatic heterocycles. The number of likely N-dealkylation sites (N-methyl/N-ethyl adjacent to an activating group) is 1. The lowest BCUT2D eigenvalue weighted by Gasteiger charge is -2.24. The van der Waals surface area contributed by atoms with Crippen LogP contribution in [0.25, 0.3) is 0 Å². The average molecular weight is 592 g/mol. The molecule has 2 aromatic carbocycles. The van der Waals surface area contributed by atoms with E-state index in [1.165, 1.54) is 30.7 Å². The fourth-order valence-corrected chi connectivity index (χ4v) is 6.64. The van der Waals surface area contributed by atoms with E-state index in [-0.39, 0.29) is 29.2 Å². The molecule has 1 amide bonds. The highest BCUT2D eigenvalue weighted by molar-refractivity contribution is 7.00. The van der Waals surface area contributed by atoms with Crippen molar-refractivity contribution >= 4 is 36.0 Å². The Labute approximate surface area is 246 Å². The Bertz CT molecular complexity index is 1470. The van der Waals surface area contributed by atoms with Gasteiger partial charge in [0, 0.05) is 19.2 Å². The molecule has 0 fully saturated rings. The van der Waals surface area contributed by atoms with Gasteiger partial charge >= 0.3 is 0 Å². The number of benzene rings is 2. The molecule has 0 radical (unpaired) electrons. The molecule has 0 saturated heterocycles. The molecule has 0 spiro atoms. The van der Waals surface area contributed by atoms with Crippen LogP contribution in [0.3, 0.4) is 0 Å². The van der Waals surface area contributed by atoms with E-state index in [0.29, 0.717) is 24.0 Å². The Kier molecular flexibility index (Phi) is 10.0. The van der Waals surface area contributed by atoms with Crippen LogP contribution in [0.15, 0.2) is 65.1 Å². The molecule has 0 saturated carbocycles. The van der Waals surface area contributed by atoms with Gasteiger partial charge in [-0.3, -0.25) is 4.79 Å². The number of rotatable bonds is 14. The van der Waals surface area contributed by atoms with Gasteiger partial charge in [-0.05, 0) is 24.7 Å². The van der Waals surface area contributed by atoms with Crippen molar-refractivity contribution in [2.45, 2.75) is 20.0 Å². The number of nitrogens with zero attached hydrogens (tertiary/aromatic N) is 2. The number of furan rings is 1. The van der Waals surface area contributed by atoms with E-state index in [0.717, 1.165) is 13.1 Å². The highest BCUT2D eigenvalue weighted by Gasteiger charge is 2.27. The molecule has 0 unspecified atom stereocenters. The summed E-state index contributed by atoms with van der Waals surface area (Å²) in [6.07, 6.45) is 0. The van der Waals surface area contributed by atoms with Crippen LogP contribution in [-0.4, -0.2) is 64.9 Å². The Morgan fingerprint density at radius 3 is 2.21 bits per heavy atom. The maximum atomic E-state index is 13.1. The fraction of sp³-hybridized carbons (Fsp3) is 0.300. The molecule has 0 atom stereocenters. The molecule has 3 N–H and O–H groups in total. The number of hydrogen-bond acceptors (Lipinski definition) is 10. The molecule has 4 aromatic rings. The van der Waals surface area contributed by atoms with E-state index in [1.54, 1.807) is 13.2 Å². The summed E-state index contributed by atoms with van der Waals surface area (Å²) < 4.78 is 28.1. The van der Waals surface area contributed by atoms with Gasteiger partial charge < -0.3 is 39.3 Å². The summed E-state index contributed by atoms with van der Waals surface area (Å²) >= 11 is 0. The predicted octanol–water partition coefficient (Wildman–Crippen LogP) is 3.98. The first-order chi connectivity index (χ1) is 20.3. The molecule has 0 aliphatic rings. The van der Waals surface area contributed by atoms with Gasteiger partial charge in [0.2, 0.25) is 17.7 Å². The smallest absolute Gasteiger partial charge is 0.291 e. The number of nitrogens with one attached hydrogen (secondary N) is 3.